The van der Waals surface area contributed by atoms with Crippen molar-refractivity contribution >= 4 is 5.91 Å². The first-order valence-corrected chi connectivity index (χ1v) is 4.03. The van der Waals surface area contributed by atoms with Crippen LogP contribution in [0.4, 0.5) is 0 Å². The highest BCUT2D eigenvalue weighted by Gasteiger charge is 2.02. The van der Waals surface area contributed by atoms with Crippen molar-refractivity contribution < 1.29 is 4.79 Å². The van der Waals surface area contributed by atoms with Gasteiger partial charge in [-0.3, -0.25) is 4.79 Å². The first-order chi connectivity index (χ1) is 5.70. The summed E-state index contributed by atoms with van der Waals surface area (Å²) in [6.45, 7) is 5.25. The van der Waals surface area contributed by atoms with Gasteiger partial charge in [-0.1, -0.05) is 24.8 Å². The molecule has 0 bridgehead atoms. The Morgan fingerprint density at radius 2 is 2.33 bits per heavy atom. The van der Waals surface area contributed by atoms with Gasteiger partial charge in [0, 0.05) is 12.6 Å². The van der Waals surface area contributed by atoms with Crippen molar-refractivity contribution in [2.75, 3.05) is 0 Å². The fourth-order valence-electron chi connectivity index (χ4n) is 1.12. The van der Waals surface area contributed by atoms with Gasteiger partial charge >= 0.3 is 0 Å². The summed E-state index contributed by atoms with van der Waals surface area (Å²) >= 11 is 0. The van der Waals surface area contributed by atoms with E-state index in [1.54, 1.807) is 0 Å². The highest BCUT2D eigenvalue weighted by molar-refractivity contribution is 5.76. The molecule has 0 saturated heterocycles. The van der Waals surface area contributed by atoms with Gasteiger partial charge in [0.2, 0.25) is 5.91 Å². The molecule has 1 N–H and O–H groups in total. The van der Waals surface area contributed by atoms with Gasteiger partial charge in [-0.2, -0.15) is 0 Å². The van der Waals surface area contributed by atoms with Crippen molar-refractivity contribution in [3.8, 4) is 0 Å². The maximum atomic E-state index is 10.7. The monoisotopic (exact) mass is 163 g/mol. The van der Waals surface area contributed by atoms with Gasteiger partial charge in [0.05, 0.1) is 0 Å². The highest BCUT2D eigenvalue weighted by Crippen LogP contribution is 2.14. The van der Waals surface area contributed by atoms with Crippen LogP contribution in [0.25, 0.3) is 0 Å². The van der Waals surface area contributed by atoms with E-state index in [4.69, 9.17) is 0 Å². The maximum Gasteiger partial charge on any atom is 0.221 e. The number of hydrogen-bond donors (Lipinski definition) is 1. The van der Waals surface area contributed by atoms with Gasteiger partial charge in [0.25, 0.3) is 0 Å². The second kappa shape index (κ2) is 3.90. The lowest BCUT2D eigenvalue weighted by Gasteiger charge is -2.09. The standard InChI is InChI=1S/C10H13NO/c1-8(11-9(2)12)10-6-4-3-5-7-10/h4,6-7H,1,3,5H2,2H3,(H,11,12). The van der Waals surface area contributed by atoms with Crippen LogP contribution in [0.1, 0.15) is 19.8 Å². The van der Waals surface area contributed by atoms with Crippen molar-refractivity contribution in [1.29, 1.82) is 0 Å². The highest BCUT2D eigenvalue weighted by atomic mass is 16.1. The van der Waals surface area contributed by atoms with E-state index < -0.39 is 0 Å². The van der Waals surface area contributed by atoms with Crippen LogP contribution in [0.5, 0.6) is 0 Å². The van der Waals surface area contributed by atoms with Crippen LogP contribution in [0.3, 0.4) is 0 Å². The predicted molar refractivity (Wildman–Crippen MR) is 49.4 cm³/mol. The number of carbonyl (C=O) groups is 1. The zero-order chi connectivity index (χ0) is 8.97. The third kappa shape index (κ3) is 2.38. The molecule has 0 spiro atoms. The van der Waals surface area contributed by atoms with E-state index in [0.29, 0.717) is 5.70 Å². The van der Waals surface area contributed by atoms with Crippen LogP contribution in [-0.2, 0) is 4.79 Å². The molecule has 0 aromatic rings. The molecule has 1 rings (SSSR count). The van der Waals surface area contributed by atoms with E-state index in [0.717, 1.165) is 18.4 Å². The first kappa shape index (κ1) is 8.78. The van der Waals surface area contributed by atoms with Crippen LogP contribution in [0, 0.1) is 0 Å². The molecule has 64 valence electrons. The molecule has 1 amide bonds. The van der Waals surface area contributed by atoms with Gasteiger partial charge in [0.15, 0.2) is 0 Å². The molecule has 2 nitrogen and oxygen atoms in total. The second-order valence-electron chi connectivity index (χ2n) is 2.80. The molecule has 0 atom stereocenters. The summed E-state index contributed by atoms with van der Waals surface area (Å²) in [6.07, 6.45) is 8.27. The molecule has 0 fully saturated rings. The summed E-state index contributed by atoms with van der Waals surface area (Å²) in [7, 11) is 0. The largest absolute Gasteiger partial charge is 0.326 e. The fraction of sp³-hybridized carbons (Fsp3) is 0.300. The van der Waals surface area contributed by atoms with Gasteiger partial charge in [-0.25, -0.2) is 0 Å². The molecule has 2 heteroatoms. The van der Waals surface area contributed by atoms with Crippen LogP contribution in [0.15, 0.2) is 36.1 Å². The van der Waals surface area contributed by atoms with Crippen LogP contribution in [-0.4, -0.2) is 5.91 Å². The molecule has 0 heterocycles. The summed E-state index contributed by atoms with van der Waals surface area (Å²) in [5.74, 6) is -0.0696. The van der Waals surface area contributed by atoms with Crippen molar-refractivity contribution in [2.24, 2.45) is 0 Å². The van der Waals surface area contributed by atoms with E-state index in [1.165, 1.54) is 6.92 Å². The molecule has 0 radical (unpaired) electrons. The normalized spacial score (nSPS) is 15.2. The Bertz CT molecular complexity index is 261. The fourth-order valence-corrected chi connectivity index (χ4v) is 1.12. The summed E-state index contributed by atoms with van der Waals surface area (Å²) in [4.78, 5) is 10.7. The predicted octanol–water partition coefficient (Wildman–Crippen LogP) is 1.91. The smallest absolute Gasteiger partial charge is 0.221 e. The first-order valence-electron chi connectivity index (χ1n) is 4.03. The Labute approximate surface area is 72.7 Å². The van der Waals surface area contributed by atoms with Gasteiger partial charge in [0.1, 0.15) is 0 Å². The van der Waals surface area contributed by atoms with Crippen molar-refractivity contribution in [1.82, 2.24) is 5.32 Å². The molecule has 12 heavy (non-hydrogen) atoms. The molecule has 1 aliphatic carbocycles. The molecule has 0 aliphatic heterocycles. The van der Waals surface area contributed by atoms with E-state index in [2.05, 4.69) is 24.0 Å². The molecule has 1 aliphatic rings. The minimum absolute atomic E-state index is 0.0696. The van der Waals surface area contributed by atoms with Crippen LogP contribution < -0.4 is 5.32 Å². The number of carbonyl (C=O) groups excluding carboxylic acids is 1. The number of hydrogen-bond acceptors (Lipinski definition) is 1. The maximum absolute atomic E-state index is 10.7. The van der Waals surface area contributed by atoms with E-state index in [1.807, 2.05) is 6.08 Å². The Morgan fingerprint density at radius 1 is 1.58 bits per heavy atom. The SMILES string of the molecule is C=C(NC(C)=O)C1=CCCC=C1. The molecular formula is C10H13NO. The molecule has 0 saturated carbocycles. The summed E-state index contributed by atoms with van der Waals surface area (Å²) in [5.41, 5.74) is 1.72. The van der Waals surface area contributed by atoms with Gasteiger partial charge in [-0.15, -0.1) is 0 Å². The Hall–Kier alpha value is -1.31. The molecular weight excluding hydrogens is 150 g/mol. The van der Waals surface area contributed by atoms with E-state index >= 15 is 0 Å². The number of amides is 1. The number of allylic oxidation sites excluding steroid dienone is 3. The lowest BCUT2D eigenvalue weighted by atomic mass is 10.1. The molecule has 0 unspecified atom stereocenters. The number of nitrogens with one attached hydrogen (secondary N) is 1. The average Bonchev–Trinajstić information content (AvgIpc) is 2.05. The van der Waals surface area contributed by atoms with E-state index in [9.17, 15) is 4.79 Å². The summed E-state index contributed by atoms with van der Waals surface area (Å²) in [5, 5.41) is 2.66. The zero-order valence-corrected chi connectivity index (χ0v) is 7.26. The third-order valence-corrected chi connectivity index (χ3v) is 1.67. The minimum atomic E-state index is -0.0696. The van der Waals surface area contributed by atoms with E-state index in [-0.39, 0.29) is 5.91 Å². The minimum Gasteiger partial charge on any atom is -0.326 e. The van der Waals surface area contributed by atoms with Crippen molar-refractivity contribution in [2.45, 2.75) is 19.8 Å². The average molecular weight is 163 g/mol. The Kier molecular flexibility index (Phi) is 2.86. The third-order valence-electron chi connectivity index (χ3n) is 1.67. The van der Waals surface area contributed by atoms with Gasteiger partial charge < -0.3 is 5.32 Å². The van der Waals surface area contributed by atoms with Crippen molar-refractivity contribution in [3.63, 3.8) is 0 Å². The molecule has 0 aromatic carbocycles. The summed E-state index contributed by atoms with van der Waals surface area (Å²) in [6, 6.07) is 0. The van der Waals surface area contributed by atoms with Crippen LogP contribution in [0.2, 0.25) is 0 Å². The van der Waals surface area contributed by atoms with Crippen molar-refractivity contribution in [3.05, 3.63) is 36.1 Å². The van der Waals surface area contributed by atoms with Gasteiger partial charge in [-0.05, 0) is 18.4 Å². The second-order valence-corrected chi connectivity index (χ2v) is 2.80. The quantitative estimate of drug-likeness (QED) is 0.662. The van der Waals surface area contributed by atoms with Crippen LogP contribution >= 0.6 is 0 Å². The number of rotatable bonds is 2. The Balaban J connectivity index is 2.58. The molecule has 0 aromatic heterocycles. The lowest BCUT2D eigenvalue weighted by Crippen LogP contribution is -2.19. The topological polar surface area (TPSA) is 29.1 Å². The Morgan fingerprint density at radius 3 is 2.83 bits per heavy atom. The zero-order valence-electron chi connectivity index (χ0n) is 7.26. The summed E-state index contributed by atoms with van der Waals surface area (Å²) < 4.78 is 0. The lowest BCUT2D eigenvalue weighted by molar-refractivity contribution is -0.118.